The summed E-state index contributed by atoms with van der Waals surface area (Å²) in [5.74, 6) is -6.43. The number of alkyl halides is 5. The van der Waals surface area contributed by atoms with Crippen molar-refractivity contribution in [2.24, 2.45) is 0 Å². The van der Waals surface area contributed by atoms with E-state index >= 15 is 0 Å². The van der Waals surface area contributed by atoms with Gasteiger partial charge in [0.05, 0.1) is 5.56 Å². The predicted octanol–water partition coefficient (Wildman–Crippen LogP) is 5.24. The molecule has 0 atom stereocenters. The molecule has 0 radical (unpaired) electrons. The smallest absolute Gasteiger partial charge is 0.458 e. The second-order valence-corrected chi connectivity index (χ2v) is 7.54. The summed E-state index contributed by atoms with van der Waals surface area (Å²) in [6.45, 7) is 6.15. The molecule has 1 N–H and O–H groups in total. The van der Waals surface area contributed by atoms with Gasteiger partial charge in [-0.2, -0.15) is 22.0 Å². The molecule has 0 fully saturated rings. The van der Waals surface area contributed by atoms with Crippen molar-refractivity contribution in [3.63, 3.8) is 0 Å². The lowest BCUT2D eigenvalue weighted by atomic mass is 10.0. The van der Waals surface area contributed by atoms with Crippen molar-refractivity contribution in [2.45, 2.75) is 49.4 Å². The van der Waals surface area contributed by atoms with Gasteiger partial charge in [-0.3, -0.25) is 0 Å². The average molecular weight is 342 g/mol. The van der Waals surface area contributed by atoms with Crippen molar-refractivity contribution < 1.29 is 31.9 Å². The van der Waals surface area contributed by atoms with Crippen LogP contribution in [-0.2, 0) is 5.92 Å². The summed E-state index contributed by atoms with van der Waals surface area (Å²) in [5, 5.41) is 9.02. The molecular weight excluding hydrogens is 327 g/mol. The van der Waals surface area contributed by atoms with Gasteiger partial charge in [0.1, 0.15) is 0 Å². The number of benzene rings is 1. The van der Waals surface area contributed by atoms with Crippen LogP contribution in [0.1, 0.15) is 42.3 Å². The second-order valence-electron chi connectivity index (χ2n) is 5.71. The van der Waals surface area contributed by atoms with E-state index in [-0.39, 0.29) is 16.0 Å². The minimum Gasteiger partial charge on any atom is -0.478 e. The van der Waals surface area contributed by atoms with E-state index in [0.717, 1.165) is 17.8 Å². The first-order chi connectivity index (χ1) is 9.68. The third-order valence-electron chi connectivity index (χ3n) is 2.74. The number of thioether (sulfide) groups is 1. The van der Waals surface area contributed by atoms with E-state index in [2.05, 4.69) is 0 Å². The predicted molar refractivity (Wildman–Crippen MR) is 73.7 cm³/mol. The molecule has 0 saturated carbocycles. The summed E-state index contributed by atoms with van der Waals surface area (Å²) in [6, 6.07) is 1.32. The Labute approximate surface area is 128 Å². The summed E-state index contributed by atoms with van der Waals surface area (Å²) in [5.41, 5.74) is -1.62. The fourth-order valence-corrected chi connectivity index (χ4v) is 2.94. The molecule has 1 aromatic rings. The largest absolute Gasteiger partial charge is 0.478 e. The van der Waals surface area contributed by atoms with E-state index in [1.54, 1.807) is 20.8 Å². The van der Waals surface area contributed by atoms with Gasteiger partial charge >= 0.3 is 18.1 Å². The van der Waals surface area contributed by atoms with Crippen molar-refractivity contribution in [3.8, 4) is 0 Å². The summed E-state index contributed by atoms with van der Waals surface area (Å²) < 4.78 is 64.7. The van der Waals surface area contributed by atoms with E-state index < -0.39 is 28.4 Å². The third-order valence-corrected chi connectivity index (χ3v) is 4.08. The lowest BCUT2D eigenvalue weighted by Gasteiger charge is -2.27. The zero-order valence-corrected chi connectivity index (χ0v) is 13.1. The summed E-state index contributed by atoms with van der Waals surface area (Å²) in [6.07, 6.45) is -5.75. The van der Waals surface area contributed by atoms with Crippen LogP contribution in [0.5, 0.6) is 0 Å². The zero-order chi connectivity index (χ0) is 17.5. The highest BCUT2D eigenvalue weighted by molar-refractivity contribution is 8.00. The van der Waals surface area contributed by atoms with Crippen LogP contribution in [0.25, 0.3) is 0 Å². The number of hydrogen-bond donors (Lipinski definition) is 1. The van der Waals surface area contributed by atoms with Gasteiger partial charge < -0.3 is 5.11 Å². The highest BCUT2D eigenvalue weighted by atomic mass is 32.2. The van der Waals surface area contributed by atoms with E-state index in [0.29, 0.717) is 6.07 Å². The SMILES string of the molecule is Cc1c(C(=O)O)ccc(C(F)(F)C(F)(F)F)c1SC(C)(C)C. The summed E-state index contributed by atoms with van der Waals surface area (Å²) in [4.78, 5) is 10.7. The van der Waals surface area contributed by atoms with Gasteiger partial charge in [0.25, 0.3) is 0 Å². The maximum atomic E-state index is 13.7. The maximum absolute atomic E-state index is 13.7. The Morgan fingerprint density at radius 2 is 1.59 bits per heavy atom. The highest BCUT2D eigenvalue weighted by Gasteiger charge is 2.60. The fraction of sp³-hybridized carbons (Fsp3) is 0.500. The molecule has 8 heteroatoms. The summed E-state index contributed by atoms with van der Waals surface area (Å²) in [7, 11) is 0. The minimum absolute atomic E-state index is 0.103. The second kappa shape index (κ2) is 5.72. The molecule has 0 bridgehead atoms. The lowest BCUT2D eigenvalue weighted by Crippen LogP contribution is -2.34. The molecule has 1 aromatic carbocycles. The molecule has 124 valence electrons. The number of halogens is 5. The van der Waals surface area contributed by atoms with E-state index in [1.165, 1.54) is 6.92 Å². The Morgan fingerprint density at radius 3 is 1.95 bits per heavy atom. The van der Waals surface area contributed by atoms with Crippen LogP contribution in [-0.4, -0.2) is 22.0 Å². The van der Waals surface area contributed by atoms with Crippen molar-refractivity contribution in [2.75, 3.05) is 0 Å². The Bertz CT molecular complexity index is 588. The lowest BCUT2D eigenvalue weighted by molar-refractivity contribution is -0.290. The molecule has 2 nitrogen and oxygen atoms in total. The Hall–Kier alpha value is -1.31. The molecule has 22 heavy (non-hydrogen) atoms. The molecule has 0 saturated heterocycles. The first kappa shape index (κ1) is 18.7. The summed E-state index contributed by atoms with van der Waals surface area (Å²) >= 11 is 0.785. The van der Waals surface area contributed by atoms with Crippen molar-refractivity contribution >= 4 is 17.7 Å². The van der Waals surface area contributed by atoms with E-state index in [1.807, 2.05) is 0 Å². The van der Waals surface area contributed by atoms with Gasteiger partial charge in [0.2, 0.25) is 0 Å². The number of carboxylic acid groups (broad SMARTS) is 1. The molecular formula is C14H15F5O2S. The number of rotatable bonds is 3. The monoisotopic (exact) mass is 342 g/mol. The van der Waals surface area contributed by atoms with Crippen LogP contribution in [0.15, 0.2) is 17.0 Å². The number of aromatic carboxylic acids is 1. The Kier molecular flexibility index (Phi) is 4.87. The molecule has 0 spiro atoms. The van der Waals surface area contributed by atoms with Crippen molar-refractivity contribution in [1.82, 2.24) is 0 Å². The highest BCUT2D eigenvalue weighted by Crippen LogP contribution is 2.49. The molecule has 0 aromatic heterocycles. The first-order valence-electron chi connectivity index (χ1n) is 6.19. The fourth-order valence-electron chi connectivity index (χ4n) is 1.76. The Balaban J connectivity index is 3.66. The topological polar surface area (TPSA) is 37.3 Å². The van der Waals surface area contributed by atoms with Crippen LogP contribution in [0, 0.1) is 6.92 Å². The number of carbonyl (C=O) groups is 1. The third kappa shape index (κ3) is 3.71. The van der Waals surface area contributed by atoms with Gasteiger partial charge in [0, 0.05) is 15.2 Å². The number of hydrogen-bond acceptors (Lipinski definition) is 2. The molecule has 0 unspecified atom stereocenters. The van der Waals surface area contributed by atoms with E-state index in [9.17, 15) is 26.7 Å². The van der Waals surface area contributed by atoms with E-state index in [4.69, 9.17) is 5.11 Å². The van der Waals surface area contributed by atoms with Gasteiger partial charge in [0.15, 0.2) is 0 Å². The normalized spacial score (nSPS) is 13.3. The van der Waals surface area contributed by atoms with Gasteiger partial charge in [-0.1, -0.05) is 26.8 Å². The molecule has 0 heterocycles. The molecule has 0 aliphatic carbocycles. The molecule has 0 amide bonds. The zero-order valence-electron chi connectivity index (χ0n) is 12.3. The molecule has 0 aliphatic rings. The standard InChI is InChI=1S/C14H15F5O2S/c1-7-8(11(20)21)5-6-9(10(7)22-12(2,3)4)13(15,16)14(17,18)19/h5-6H,1-4H3,(H,20,21). The minimum atomic E-state index is -5.75. The van der Waals surface area contributed by atoms with Crippen LogP contribution in [0.3, 0.4) is 0 Å². The van der Waals surface area contributed by atoms with Gasteiger partial charge in [-0.25, -0.2) is 4.79 Å². The van der Waals surface area contributed by atoms with Gasteiger partial charge in [-0.05, 0) is 18.6 Å². The first-order valence-corrected chi connectivity index (χ1v) is 7.01. The van der Waals surface area contributed by atoms with Crippen molar-refractivity contribution in [1.29, 1.82) is 0 Å². The van der Waals surface area contributed by atoms with Crippen LogP contribution in [0.4, 0.5) is 22.0 Å². The maximum Gasteiger partial charge on any atom is 0.458 e. The quantitative estimate of drug-likeness (QED) is 0.603. The van der Waals surface area contributed by atoms with Gasteiger partial charge in [-0.15, -0.1) is 11.8 Å². The Morgan fingerprint density at radius 1 is 1.09 bits per heavy atom. The average Bonchev–Trinajstić information content (AvgIpc) is 2.27. The molecule has 0 aliphatic heterocycles. The van der Waals surface area contributed by atoms with Crippen LogP contribution < -0.4 is 0 Å². The van der Waals surface area contributed by atoms with Crippen LogP contribution >= 0.6 is 11.8 Å². The van der Waals surface area contributed by atoms with Crippen LogP contribution in [0.2, 0.25) is 0 Å². The molecule has 1 rings (SSSR count). The van der Waals surface area contributed by atoms with Crippen molar-refractivity contribution in [3.05, 3.63) is 28.8 Å². The number of carboxylic acids is 1.